The van der Waals surface area contributed by atoms with E-state index < -0.39 is 0 Å². The molecule has 0 aliphatic heterocycles. The highest BCUT2D eigenvalue weighted by Gasteiger charge is 2.00. The summed E-state index contributed by atoms with van der Waals surface area (Å²) in [7, 11) is 1.67. The van der Waals surface area contributed by atoms with Crippen LogP contribution in [0.2, 0.25) is 0 Å². The van der Waals surface area contributed by atoms with Gasteiger partial charge in [0.25, 0.3) is 0 Å². The van der Waals surface area contributed by atoms with Crippen molar-refractivity contribution in [3.05, 3.63) is 65.2 Å². The maximum atomic E-state index is 5.58. The van der Waals surface area contributed by atoms with Crippen molar-refractivity contribution in [2.24, 2.45) is 4.99 Å². The van der Waals surface area contributed by atoms with Crippen molar-refractivity contribution in [1.82, 2.24) is 10.6 Å². The standard InChI is InChI=1S/C21H29N3O2.HI/c1-4-22-21(24-16-19-7-5-6-17(2)14-19)23-15-18-8-10-20(11-9-18)26-13-12-25-3;/h5-11,14H,4,12-13,15-16H2,1-3H3,(H2,22,23,24);1H. The number of halogens is 1. The molecule has 0 aromatic heterocycles. The van der Waals surface area contributed by atoms with Crippen molar-refractivity contribution in [2.75, 3.05) is 26.9 Å². The average Bonchev–Trinajstić information content (AvgIpc) is 2.65. The topological polar surface area (TPSA) is 54.9 Å². The second kappa shape index (κ2) is 13.4. The molecule has 148 valence electrons. The third-order valence-corrected chi connectivity index (χ3v) is 3.79. The number of aliphatic imine (C=N–C) groups is 1. The monoisotopic (exact) mass is 483 g/mol. The smallest absolute Gasteiger partial charge is 0.191 e. The molecular formula is C21H30IN3O2. The fourth-order valence-corrected chi connectivity index (χ4v) is 2.45. The zero-order valence-corrected chi connectivity index (χ0v) is 18.7. The number of methoxy groups -OCH3 is 1. The lowest BCUT2D eigenvalue weighted by Crippen LogP contribution is -2.36. The van der Waals surface area contributed by atoms with Gasteiger partial charge < -0.3 is 20.1 Å². The summed E-state index contributed by atoms with van der Waals surface area (Å²) in [5.74, 6) is 1.67. The highest BCUT2D eigenvalue weighted by Crippen LogP contribution is 2.12. The molecule has 0 fully saturated rings. The molecule has 0 saturated carbocycles. The number of guanidine groups is 1. The molecule has 0 aliphatic carbocycles. The van der Waals surface area contributed by atoms with Crippen molar-refractivity contribution in [3.8, 4) is 5.75 Å². The molecule has 27 heavy (non-hydrogen) atoms. The van der Waals surface area contributed by atoms with E-state index in [9.17, 15) is 0 Å². The first kappa shape index (κ1) is 23.2. The minimum Gasteiger partial charge on any atom is -0.491 e. The predicted octanol–water partition coefficient (Wildman–Crippen LogP) is 3.89. The quantitative estimate of drug-likeness (QED) is 0.246. The minimum atomic E-state index is 0. The van der Waals surface area contributed by atoms with Gasteiger partial charge in [-0.05, 0) is 37.1 Å². The molecule has 0 aliphatic rings. The average molecular weight is 483 g/mol. The molecule has 0 amide bonds. The van der Waals surface area contributed by atoms with Gasteiger partial charge >= 0.3 is 0 Å². The van der Waals surface area contributed by atoms with E-state index in [1.54, 1.807) is 7.11 Å². The Morgan fingerprint density at radius 2 is 1.78 bits per heavy atom. The number of hydrogen-bond donors (Lipinski definition) is 2. The van der Waals surface area contributed by atoms with Gasteiger partial charge in [0, 0.05) is 20.2 Å². The first-order valence-corrected chi connectivity index (χ1v) is 8.99. The number of ether oxygens (including phenoxy) is 2. The molecule has 2 aromatic rings. The molecule has 6 heteroatoms. The lowest BCUT2D eigenvalue weighted by Gasteiger charge is -2.12. The van der Waals surface area contributed by atoms with Gasteiger partial charge in [-0.15, -0.1) is 24.0 Å². The summed E-state index contributed by atoms with van der Waals surface area (Å²) in [6.45, 7) is 7.50. The Balaban J connectivity index is 0.00000364. The summed E-state index contributed by atoms with van der Waals surface area (Å²) in [5.41, 5.74) is 3.63. The van der Waals surface area contributed by atoms with E-state index in [-0.39, 0.29) is 24.0 Å². The van der Waals surface area contributed by atoms with Crippen molar-refractivity contribution in [1.29, 1.82) is 0 Å². The van der Waals surface area contributed by atoms with Crippen LogP contribution in [0.4, 0.5) is 0 Å². The van der Waals surface area contributed by atoms with Crippen LogP contribution in [-0.4, -0.2) is 32.8 Å². The van der Waals surface area contributed by atoms with Gasteiger partial charge in [-0.1, -0.05) is 42.0 Å². The summed E-state index contributed by atoms with van der Waals surface area (Å²) in [5, 5.41) is 6.66. The summed E-state index contributed by atoms with van der Waals surface area (Å²) in [4.78, 5) is 4.66. The van der Waals surface area contributed by atoms with Crippen LogP contribution in [0.25, 0.3) is 0 Å². The molecule has 0 spiro atoms. The Bertz CT molecular complexity index is 690. The van der Waals surface area contributed by atoms with E-state index >= 15 is 0 Å². The van der Waals surface area contributed by atoms with Crippen LogP contribution < -0.4 is 15.4 Å². The van der Waals surface area contributed by atoms with Crippen LogP contribution in [0.3, 0.4) is 0 Å². The summed E-state index contributed by atoms with van der Waals surface area (Å²) in [6.07, 6.45) is 0. The summed E-state index contributed by atoms with van der Waals surface area (Å²) < 4.78 is 10.6. The maximum absolute atomic E-state index is 5.58. The molecule has 2 N–H and O–H groups in total. The van der Waals surface area contributed by atoms with Crippen molar-refractivity contribution >= 4 is 29.9 Å². The van der Waals surface area contributed by atoms with Crippen molar-refractivity contribution < 1.29 is 9.47 Å². The van der Waals surface area contributed by atoms with Crippen LogP contribution in [0.1, 0.15) is 23.6 Å². The number of nitrogens with one attached hydrogen (secondary N) is 2. The third-order valence-electron chi connectivity index (χ3n) is 3.79. The number of aryl methyl sites for hydroxylation is 1. The second-order valence-corrected chi connectivity index (χ2v) is 6.02. The molecule has 0 heterocycles. The number of rotatable bonds is 9. The fourth-order valence-electron chi connectivity index (χ4n) is 2.45. The molecule has 2 aromatic carbocycles. The lowest BCUT2D eigenvalue weighted by atomic mass is 10.1. The molecule has 5 nitrogen and oxygen atoms in total. The highest BCUT2D eigenvalue weighted by atomic mass is 127. The third kappa shape index (κ3) is 9.10. The van der Waals surface area contributed by atoms with Crippen LogP contribution in [0.5, 0.6) is 5.75 Å². The summed E-state index contributed by atoms with van der Waals surface area (Å²) >= 11 is 0. The Hall–Kier alpha value is -1.80. The van der Waals surface area contributed by atoms with Crippen LogP contribution in [-0.2, 0) is 17.8 Å². The van der Waals surface area contributed by atoms with E-state index in [0.717, 1.165) is 18.3 Å². The molecule has 0 radical (unpaired) electrons. The van der Waals surface area contributed by atoms with Crippen molar-refractivity contribution in [2.45, 2.75) is 26.9 Å². The molecular weight excluding hydrogens is 453 g/mol. The zero-order valence-electron chi connectivity index (χ0n) is 16.3. The Morgan fingerprint density at radius 3 is 2.44 bits per heavy atom. The van der Waals surface area contributed by atoms with Crippen LogP contribution in [0.15, 0.2) is 53.5 Å². The molecule has 0 atom stereocenters. The number of nitrogens with zero attached hydrogens (tertiary/aromatic N) is 1. The zero-order chi connectivity index (χ0) is 18.6. The van der Waals surface area contributed by atoms with E-state index in [4.69, 9.17) is 9.47 Å². The van der Waals surface area contributed by atoms with E-state index in [2.05, 4.69) is 65.9 Å². The molecule has 0 unspecified atom stereocenters. The van der Waals surface area contributed by atoms with Gasteiger partial charge in [0.2, 0.25) is 0 Å². The van der Waals surface area contributed by atoms with Crippen molar-refractivity contribution in [3.63, 3.8) is 0 Å². The first-order chi connectivity index (χ1) is 12.7. The predicted molar refractivity (Wildman–Crippen MR) is 122 cm³/mol. The Labute approximate surface area is 179 Å². The van der Waals surface area contributed by atoms with E-state index in [1.807, 2.05) is 12.1 Å². The molecule has 0 saturated heterocycles. The van der Waals surface area contributed by atoms with Crippen LogP contribution in [0, 0.1) is 6.92 Å². The molecule has 0 bridgehead atoms. The number of hydrogen-bond acceptors (Lipinski definition) is 3. The largest absolute Gasteiger partial charge is 0.491 e. The lowest BCUT2D eigenvalue weighted by molar-refractivity contribution is 0.146. The van der Waals surface area contributed by atoms with Gasteiger partial charge in [0.1, 0.15) is 12.4 Å². The fraction of sp³-hybridized carbons (Fsp3) is 0.381. The Kier molecular flexibility index (Phi) is 11.5. The first-order valence-electron chi connectivity index (χ1n) is 8.99. The summed E-state index contributed by atoms with van der Waals surface area (Å²) in [6, 6.07) is 16.5. The second-order valence-electron chi connectivity index (χ2n) is 6.02. The number of benzene rings is 2. The SMILES string of the molecule is CCNC(=NCc1cccc(C)c1)NCc1ccc(OCCOC)cc1.I. The minimum absolute atomic E-state index is 0. The molecule has 2 rings (SSSR count). The highest BCUT2D eigenvalue weighted by molar-refractivity contribution is 14.0. The van der Waals surface area contributed by atoms with Gasteiger partial charge in [-0.25, -0.2) is 4.99 Å². The van der Waals surface area contributed by atoms with Gasteiger partial charge in [-0.3, -0.25) is 0 Å². The van der Waals surface area contributed by atoms with Gasteiger partial charge in [0.05, 0.1) is 13.2 Å². The van der Waals surface area contributed by atoms with Gasteiger partial charge in [-0.2, -0.15) is 0 Å². The van der Waals surface area contributed by atoms with Crippen LogP contribution >= 0.6 is 24.0 Å². The van der Waals surface area contributed by atoms with Gasteiger partial charge in [0.15, 0.2) is 5.96 Å². The normalized spacial score (nSPS) is 10.9. The maximum Gasteiger partial charge on any atom is 0.191 e. The van der Waals surface area contributed by atoms with E-state index in [1.165, 1.54) is 16.7 Å². The Morgan fingerprint density at radius 1 is 1.00 bits per heavy atom. The van der Waals surface area contributed by atoms with E-state index in [0.29, 0.717) is 26.3 Å².